The maximum Gasteiger partial charge on any atom is 0.472 e. The lowest BCUT2D eigenvalue weighted by molar-refractivity contribution is -0.123. The first kappa shape index (κ1) is 42.7. The molecule has 3 unspecified atom stereocenters. The number of rotatable bonds is 32. The quantitative estimate of drug-likeness (QED) is 0.0328. The van der Waals surface area contributed by atoms with E-state index in [1.807, 2.05) is 6.08 Å². The number of amides is 1. The summed E-state index contributed by atoms with van der Waals surface area (Å²) in [6, 6.07) is -0.877. The summed E-state index contributed by atoms with van der Waals surface area (Å²) in [5, 5.41) is 13.5. The second-order valence-corrected chi connectivity index (χ2v) is 13.2. The Hall–Kier alpha value is -1.28. The van der Waals surface area contributed by atoms with Crippen molar-refractivity contribution in [2.45, 2.75) is 161 Å². The van der Waals surface area contributed by atoms with E-state index in [4.69, 9.17) is 14.8 Å². The molecule has 258 valence electrons. The molecule has 0 spiro atoms. The molecule has 0 aromatic rings. The van der Waals surface area contributed by atoms with Crippen LogP contribution >= 0.6 is 7.82 Å². The van der Waals surface area contributed by atoms with Crippen LogP contribution in [0.5, 0.6) is 0 Å². The van der Waals surface area contributed by atoms with Gasteiger partial charge in [0.1, 0.15) is 0 Å². The molecule has 0 fully saturated rings. The van der Waals surface area contributed by atoms with Crippen LogP contribution in [0.25, 0.3) is 0 Å². The number of carbonyl (C=O) groups excluding carboxylic acids is 1. The first-order valence-corrected chi connectivity index (χ1v) is 19.1. The largest absolute Gasteiger partial charge is 0.472 e. The molecule has 5 N–H and O–H groups in total. The highest BCUT2D eigenvalue weighted by Crippen LogP contribution is 2.43. The van der Waals surface area contributed by atoms with Crippen LogP contribution in [-0.2, 0) is 18.4 Å². The summed E-state index contributed by atoms with van der Waals surface area (Å²) in [5.74, 6) is -0.212. The number of hydrogen-bond donors (Lipinski definition) is 4. The number of nitrogens with one attached hydrogen (secondary N) is 1. The van der Waals surface area contributed by atoms with Crippen molar-refractivity contribution < 1.29 is 28.4 Å². The van der Waals surface area contributed by atoms with E-state index in [9.17, 15) is 19.4 Å². The first-order chi connectivity index (χ1) is 21.4. The number of hydrogen-bond acceptors (Lipinski definition) is 6. The lowest BCUT2D eigenvalue weighted by Gasteiger charge is -2.23. The second kappa shape index (κ2) is 31.7. The van der Waals surface area contributed by atoms with Crippen LogP contribution in [0.1, 0.15) is 149 Å². The number of aliphatic hydroxyl groups excluding tert-OH is 1. The van der Waals surface area contributed by atoms with Gasteiger partial charge in [-0.05, 0) is 38.5 Å². The minimum Gasteiger partial charge on any atom is -0.387 e. The fourth-order valence-corrected chi connectivity index (χ4v) is 5.50. The Bertz CT molecular complexity index is 789. The molecule has 0 rings (SSSR count). The standard InChI is InChI=1S/C35H67N2O6P/c1-3-5-7-9-11-13-15-17-19-21-23-25-27-29-35(39)37-33(32-43-44(40,41)42-31-30-36)34(38)28-26-24-22-20-18-16-14-12-10-8-6-4-2/h10,12,18,20,26,28,33-34,38H,3-9,11,13-17,19,21-25,27,29-32,36H2,1-2H3,(H,37,39)(H,40,41)/b12-10+,20-18+,28-26+. The summed E-state index contributed by atoms with van der Waals surface area (Å²) in [4.78, 5) is 22.5. The van der Waals surface area contributed by atoms with Gasteiger partial charge in [-0.3, -0.25) is 13.8 Å². The Balaban J connectivity index is 4.43. The summed E-state index contributed by atoms with van der Waals surface area (Å²) in [6.45, 7) is 4.03. The molecule has 0 saturated heterocycles. The lowest BCUT2D eigenvalue weighted by Crippen LogP contribution is -2.45. The summed E-state index contributed by atoms with van der Waals surface area (Å²) in [5.41, 5.74) is 5.34. The molecule has 0 aliphatic rings. The molecule has 1 amide bonds. The number of unbranched alkanes of at least 4 members (excludes halogenated alkanes) is 16. The predicted octanol–water partition coefficient (Wildman–Crippen LogP) is 8.82. The van der Waals surface area contributed by atoms with Crippen LogP contribution < -0.4 is 11.1 Å². The Kier molecular flexibility index (Phi) is 30.8. The van der Waals surface area contributed by atoms with Gasteiger partial charge in [0.2, 0.25) is 5.91 Å². The van der Waals surface area contributed by atoms with Crippen LogP contribution in [0, 0.1) is 0 Å². The first-order valence-electron chi connectivity index (χ1n) is 17.6. The zero-order valence-corrected chi connectivity index (χ0v) is 29.0. The van der Waals surface area contributed by atoms with Crippen molar-refractivity contribution in [2.75, 3.05) is 19.8 Å². The van der Waals surface area contributed by atoms with Gasteiger partial charge in [-0.2, -0.15) is 0 Å². The normalized spacial score (nSPS) is 14.9. The maximum absolute atomic E-state index is 12.6. The number of phosphoric ester groups is 1. The number of aliphatic hydroxyl groups is 1. The van der Waals surface area contributed by atoms with E-state index in [1.54, 1.807) is 6.08 Å². The van der Waals surface area contributed by atoms with Crippen molar-refractivity contribution in [2.24, 2.45) is 5.73 Å². The highest BCUT2D eigenvalue weighted by molar-refractivity contribution is 7.47. The van der Waals surface area contributed by atoms with E-state index in [-0.39, 0.29) is 25.7 Å². The second-order valence-electron chi connectivity index (χ2n) is 11.7. The van der Waals surface area contributed by atoms with Gasteiger partial charge < -0.3 is 21.1 Å². The Morgan fingerprint density at radius 2 is 1.20 bits per heavy atom. The molecule has 3 atom stereocenters. The molecule has 0 bridgehead atoms. The smallest absolute Gasteiger partial charge is 0.387 e. The monoisotopic (exact) mass is 642 g/mol. The summed E-state index contributed by atoms with van der Waals surface area (Å²) in [6.07, 6.45) is 34.7. The fraction of sp³-hybridized carbons (Fsp3) is 0.800. The molecule has 8 nitrogen and oxygen atoms in total. The summed E-state index contributed by atoms with van der Waals surface area (Å²) < 4.78 is 21.9. The van der Waals surface area contributed by atoms with Crippen molar-refractivity contribution in [1.29, 1.82) is 0 Å². The van der Waals surface area contributed by atoms with Gasteiger partial charge in [0.25, 0.3) is 0 Å². The molecule has 0 aromatic carbocycles. The highest BCUT2D eigenvalue weighted by Gasteiger charge is 2.26. The Labute approximate surface area is 269 Å². The highest BCUT2D eigenvalue weighted by atomic mass is 31.2. The molecule has 0 heterocycles. The lowest BCUT2D eigenvalue weighted by atomic mass is 10.0. The molecule has 9 heteroatoms. The van der Waals surface area contributed by atoms with E-state index >= 15 is 0 Å². The molecule has 0 radical (unpaired) electrons. The Morgan fingerprint density at radius 3 is 1.73 bits per heavy atom. The third kappa shape index (κ3) is 29.4. The van der Waals surface area contributed by atoms with Gasteiger partial charge in [-0.15, -0.1) is 0 Å². The minimum atomic E-state index is -4.34. The summed E-state index contributed by atoms with van der Waals surface area (Å²) >= 11 is 0. The number of nitrogens with two attached hydrogens (primary N) is 1. The van der Waals surface area contributed by atoms with Crippen molar-refractivity contribution in [3.8, 4) is 0 Å². The SMILES string of the molecule is CCCC/C=C/CC/C=C/CC/C=C/C(O)C(COP(=O)(O)OCCN)NC(=O)CCCCCCCCCCCCCCC. The Morgan fingerprint density at radius 1 is 0.727 bits per heavy atom. The van der Waals surface area contributed by atoms with Gasteiger partial charge in [0, 0.05) is 13.0 Å². The molecule has 0 saturated carbocycles. The number of carbonyl (C=O) groups is 1. The van der Waals surface area contributed by atoms with E-state index in [2.05, 4.69) is 43.5 Å². The predicted molar refractivity (Wildman–Crippen MR) is 184 cm³/mol. The van der Waals surface area contributed by atoms with Gasteiger partial charge in [-0.25, -0.2) is 4.57 Å². The van der Waals surface area contributed by atoms with Crippen LogP contribution in [0.3, 0.4) is 0 Å². The molecular weight excluding hydrogens is 575 g/mol. The average molecular weight is 643 g/mol. The van der Waals surface area contributed by atoms with E-state index in [0.717, 1.165) is 51.4 Å². The third-order valence-corrected chi connectivity index (χ3v) is 8.43. The van der Waals surface area contributed by atoms with E-state index in [0.29, 0.717) is 6.42 Å². The van der Waals surface area contributed by atoms with Crippen LogP contribution in [0.2, 0.25) is 0 Å². The van der Waals surface area contributed by atoms with Crippen molar-refractivity contribution in [3.63, 3.8) is 0 Å². The fourth-order valence-electron chi connectivity index (χ4n) is 4.74. The zero-order valence-electron chi connectivity index (χ0n) is 28.1. The number of allylic oxidation sites excluding steroid dienone is 5. The van der Waals surface area contributed by atoms with Crippen molar-refractivity contribution in [3.05, 3.63) is 36.5 Å². The minimum absolute atomic E-state index is 0.0721. The van der Waals surface area contributed by atoms with Gasteiger partial charge in [0.05, 0.1) is 25.4 Å². The van der Waals surface area contributed by atoms with E-state index in [1.165, 1.54) is 77.0 Å². The molecule has 44 heavy (non-hydrogen) atoms. The van der Waals surface area contributed by atoms with Gasteiger partial charge >= 0.3 is 7.82 Å². The topological polar surface area (TPSA) is 131 Å². The maximum atomic E-state index is 12.6. The van der Waals surface area contributed by atoms with Gasteiger partial charge in [-0.1, -0.05) is 140 Å². The van der Waals surface area contributed by atoms with Crippen LogP contribution in [-0.4, -0.2) is 47.8 Å². The van der Waals surface area contributed by atoms with Crippen molar-refractivity contribution >= 4 is 13.7 Å². The third-order valence-electron chi connectivity index (χ3n) is 7.45. The van der Waals surface area contributed by atoms with E-state index < -0.39 is 20.0 Å². The van der Waals surface area contributed by atoms with Gasteiger partial charge in [0.15, 0.2) is 0 Å². The number of phosphoric acid groups is 1. The summed E-state index contributed by atoms with van der Waals surface area (Å²) in [7, 11) is -4.34. The molecular formula is C35H67N2O6P. The van der Waals surface area contributed by atoms with Crippen molar-refractivity contribution in [1.82, 2.24) is 5.32 Å². The molecule has 0 aromatic heterocycles. The van der Waals surface area contributed by atoms with Crippen LogP contribution in [0.4, 0.5) is 0 Å². The molecule has 0 aliphatic carbocycles. The zero-order chi connectivity index (χ0) is 32.6. The average Bonchev–Trinajstić information content (AvgIpc) is 3.01. The van der Waals surface area contributed by atoms with Crippen LogP contribution in [0.15, 0.2) is 36.5 Å². The molecule has 0 aliphatic heterocycles.